The van der Waals surface area contributed by atoms with Crippen molar-refractivity contribution in [3.8, 4) is 17.2 Å². The lowest BCUT2D eigenvalue weighted by Gasteiger charge is -2.20. The number of carbonyl (C=O) groups is 1. The van der Waals surface area contributed by atoms with Crippen LogP contribution in [0, 0.1) is 6.92 Å². The highest BCUT2D eigenvalue weighted by Crippen LogP contribution is 2.32. The predicted octanol–water partition coefficient (Wildman–Crippen LogP) is 4.07. The number of methoxy groups -OCH3 is 2. The van der Waals surface area contributed by atoms with E-state index in [2.05, 4.69) is 0 Å². The Labute approximate surface area is 161 Å². The van der Waals surface area contributed by atoms with Gasteiger partial charge in [0, 0.05) is 13.6 Å². The molecule has 28 heavy (non-hydrogen) atoms. The molecule has 8 heteroatoms. The minimum Gasteiger partial charge on any atom is -0.493 e. The van der Waals surface area contributed by atoms with Crippen LogP contribution in [-0.4, -0.2) is 38.7 Å². The average molecular weight is 397 g/mol. The zero-order chi connectivity index (χ0) is 20.9. The largest absolute Gasteiger partial charge is 0.493 e. The lowest BCUT2D eigenvalue weighted by Crippen LogP contribution is -2.31. The highest BCUT2D eigenvalue weighted by atomic mass is 19.4. The minimum absolute atomic E-state index is 0.0149. The number of aryl methyl sites for hydroxylation is 1. The maximum absolute atomic E-state index is 12.7. The van der Waals surface area contributed by atoms with E-state index in [1.54, 1.807) is 13.1 Å². The number of likely N-dealkylation sites (N-methyl/N-ethyl adjacent to an activating group) is 1. The maximum atomic E-state index is 12.7. The molecule has 0 N–H and O–H groups in total. The van der Waals surface area contributed by atoms with Crippen LogP contribution < -0.4 is 14.2 Å². The van der Waals surface area contributed by atoms with E-state index >= 15 is 0 Å². The molecule has 0 aliphatic rings. The average Bonchev–Trinajstić information content (AvgIpc) is 2.66. The van der Waals surface area contributed by atoms with Crippen LogP contribution in [-0.2, 0) is 17.5 Å². The Balaban J connectivity index is 2.02. The molecule has 0 radical (unpaired) electrons. The Hall–Kier alpha value is -2.90. The van der Waals surface area contributed by atoms with Gasteiger partial charge in [0.2, 0.25) is 0 Å². The normalized spacial score (nSPS) is 11.1. The SMILES string of the molecule is COc1cc(C)c(CN(C)C(=O)COc2cccc(C(F)(F)F)c2)cc1OC. The van der Waals surface area contributed by atoms with E-state index in [1.807, 2.05) is 13.0 Å². The fourth-order valence-corrected chi connectivity index (χ4v) is 2.55. The molecule has 0 aliphatic heterocycles. The standard InChI is InChI=1S/C20H22F3NO4/c1-13-8-17(26-3)18(27-4)9-14(13)11-24(2)19(25)12-28-16-7-5-6-15(10-16)20(21,22)23/h5-10H,11-12H2,1-4H3. The second-order valence-corrected chi connectivity index (χ2v) is 6.20. The Morgan fingerprint density at radius 1 is 1.07 bits per heavy atom. The summed E-state index contributed by atoms with van der Waals surface area (Å²) in [4.78, 5) is 13.7. The highest BCUT2D eigenvalue weighted by molar-refractivity contribution is 5.77. The van der Waals surface area contributed by atoms with Gasteiger partial charge in [0.05, 0.1) is 19.8 Å². The topological polar surface area (TPSA) is 48.0 Å². The van der Waals surface area contributed by atoms with E-state index in [-0.39, 0.29) is 24.8 Å². The smallest absolute Gasteiger partial charge is 0.416 e. The third kappa shape index (κ3) is 5.31. The Morgan fingerprint density at radius 3 is 2.32 bits per heavy atom. The van der Waals surface area contributed by atoms with Crippen LogP contribution >= 0.6 is 0 Å². The first-order valence-electron chi connectivity index (χ1n) is 8.41. The number of ether oxygens (including phenoxy) is 3. The van der Waals surface area contributed by atoms with E-state index in [4.69, 9.17) is 14.2 Å². The summed E-state index contributed by atoms with van der Waals surface area (Å²) in [5.41, 5.74) is 0.940. The third-order valence-corrected chi connectivity index (χ3v) is 4.20. The summed E-state index contributed by atoms with van der Waals surface area (Å²) in [6.45, 7) is 1.80. The number of alkyl halides is 3. The van der Waals surface area contributed by atoms with Gasteiger partial charge in [-0.2, -0.15) is 13.2 Å². The quantitative estimate of drug-likeness (QED) is 0.707. The molecule has 0 spiro atoms. The van der Waals surface area contributed by atoms with Crippen molar-refractivity contribution in [1.29, 1.82) is 0 Å². The molecule has 2 rings (SSSR count). The fraction of sp³-hybridized carbons (Fsp3) is 0.350. The van der Waals surface area contributed by atoms with Crippen molar-refractivity contribution >= 4 is 5.91 Å². The molecule has 0 saturated carbocycles. The van der Waals surface area contributed by atoms with Gasteiger partial charge in [-0.1, -0.05) is 6.07 Å². The summed E-state index contributed by atoms with van der Waals surface area (Å²) in [7, 11) is 4.65. The van der Waals surface area contributed by atoms with Gasteiger partial charge in [-0.3, -0.25) is 4.79 Å². The molecule has 152 valence electrons. The lowest BCUT2D eigenvalue weighted by atomic mass is 10.1. The summed E-state index contributed by atoms with van der Waals surface area (Å²) in [5, 5.41) is 0. The van der Waals surface area contributed by atoms with Gasteiger partial charge >= 0.3 is 6.18 Å². The lowest BCUT2D eigenvalue weighted by molar-refractivity contribution is -0.137. The van der Waals surface area contributed by atoms with Crippen LogP contribution in [0.15, 0.2) is 36.4 Å². The zero-order valence-electron chi connectivity index (χ0n) is 16.1. The molecule has 1 amide bonds. The number of nitrogens with zero attached hydrogens (tertiary/aromatic N) is 1. The number of hydrogen-bond acceptors (Lipinski definition) is 4. The Kier molecular flexibility index (Phi) is 6.77. The minimum atomic E-state index is -4.47. The summed E-state index contributed by atoms with van der Waals surface area (Å²) < 4.78 is 54.0. The summed E-state index contributed by atoms with van der Waals surface area (Å²) in [6.07, 6.45) is -4.47. The highest BCUT2D eigenvalue weighted by Gasteiger charge is 2.30. The Morgan fingerprint density at radius 2 is 1.71 bits per heavy atom. The molecule has 0 fully saturated rings. The summed E-state index contributed by atoms with van der Waals surface area (Å²) in [6, 6.07) is 8.02. The predicted molar refractivity (Wildman–Crippen MR) is 97.7 cm³/mol. The second-order valence-electron chi connectivity index (χ2n) is 6.20. The van der Waals surface area contributed by atoms with E-state index in [0.717, 1.165) is 23.3 Å². The maximum Gasteiger partial charge on any atom is 0.416 e. The third-order valence-electron chi connectivity index (χ3n) is 4.20. The van der Waals surface area contributed by atoms with Crippen LogP contribution in [0.5, 0.6) is 17.2 Å². The van der Waals surface area contributed by atoms with Gasteiger partial charge in [0.25, 0.3) is 5.91 Å². The molecule has 0 atom stereocenters. The van der Waals surface area contributed by atoms with Crippen molar-refractivity contribution in [2.75, 3.05) is 27.9 Å². The first kappa shape index (κ1) is 21.4. The molecule has 0 aromatic heterocycles. The van der Waals surface area contributed by atoms with Gasteiger partial charge < -0.3 is 19.1 Å². The van der Waals surface area contributed by atoms with Crippen molar-refractivity contribution < 1.29 is 32.2 Å². The number of halogens is 3. The van der Waals surface area contributed by atoms with Crippen LogP contribution in [0.25, 0.3) is 0 Å². The number of benzene rings is 2. The fourth-order valence-electron chi connectivity index (χ4n) is 2.55. The van der Waals surface area contributed by atoms with E-state index in [9.17, 15) is 18.0 Å². The first-order valence-corrected chi connectivity index (χ1v) is 8.41. The molecule has 0 unspecified atom stereocenters. The molecular weight excluding hydrogens is 375 g/mol. The van der Waals surface area contributed by atoms with Gasteiger partial charge in [-0.25, -0.2) is 0 Å². The molecule has 0 bridgehead atoms. The van der Waals surface area contributed by atoms with E-state index in [1.165, 1.54) is 31.3 Å². The molecule has 2 aromatic carbocycles. The van der Waals surface area contributed by atoms with Crippen LogP contribution in [0.4, 0.5) is 13.2 Å². The van der Waals surface area contributed by atoms with Crippen molar-refractivity contribution in [3.05, 3.63) is 53.1 Å². The van der Waals surface area contributed by atoms with Gasteiger partial charge in [0.15, 0.2) is 18.1 Å². The summed E-state index contributed by atoms with van der Waals surface area (Å²) in [5.74, 6) is 0.750. The van der Waals surface area contributed by atoms with Crippen molar-refractivity contribution in [2.45, 2.75) is 19.6 Å². The molecule has 5 nitrogen and oxygen atoms in total. The summed E-state index contributed by atoms with van der Waals surface area (Å²) >= 11 is 0. The van der Waals surface area contributed by atoms with Crippen molar-refractivity contribution in [1.82, 2.24) is 4.90 Å². The molecule has 0 heterocycles. The number of rotatable bonds is 7. The van der Waals surface area contributed by atoms with Gasteiger partial charge in [-0.05, 0) is 48.4 Å². The molecular formula is C20H22F3NO4. The van der Waals surface area contributed by atoms with E-state index in [0.29, 0.717) is 11.5 Å². The number of hydrogen-bond donors (Lipinski definition) is 0. The molecule has 0 aliphatic carbocycles. The monoisotopic (exact) mass is 397 g/mol. The molecule has 0 saturated heterocycles. The first-order chi connectivity index (χ1) is 13.2. The Bertz CT molecular complexity index is 837. The van der Waals surface area contributed by atoms with Crippen molar-refractivity contribution in [2.24, 2.45) is 0 Å². The molecule has 2 aromatic rings. The van der Waals surface area contributed by atoms with E-state index < -0.39 is 11.7 Å². The van der Waals surface area contributed by atoms with Gasteiger partial charge in [-0.15, -0.1) is 0 Å². The zero-order valence-corrected chi connectivity index (χ0v) is 16.1. The van der Waals surface area contributed by atoms with Crippen LogP contribution in [0.2, 0.25) is 0 Å². The number of carbonyl (C=O) groups excluding carboxylic acids is 1. The van der Waals surface area contributed by atoms with Crippen LogP contribution in [0.1, 0.15) is 16.7 Å². The van der Waals surface area contributed by atoms with Gasteiger partial charge in [0.1, 0.15) is 5.75 Å². The van der Waals surface area contributed by atoms with Crippen LogP contribution in [0.3, 0.4) is 0 Å². The van der Waals surface area contributed by atoms with Crippen molar-refractivity contribution in [3.63, 3.8) is 0 Å². The number of amides is 1. The second kappa shape index (κ2) is 8.86.